The smallest absolute Gasteiger partial charge is 0.317 e. The predicted octanol–water partition coefficient (Wildman–Crippen LogP) is 4.87. The van der Waals surface area contributed by atoms with Crippen molar-refractivity contribution in [2.75, 3.05) is 26.9 Å². The van der Waals surface area contributed by atoms with Crippen LogP contribution in [0.15, 0.2) is 66.7 Å². The van der Waals surface area contributed by atoms with E-state index in [1.165, 1.54) is 12.1 Å². The van der Waals surface area contributed by atoms with Gasteiger partial charge in [-0.2, -0.15) is 0 Å². The summed E-state index contributed by atoms with van der Waals surface area (Å²) in [5.74, 6) is 1.97. The van der Waals surface area contributed by atoms with Crippen molar-refractivity contribution < 1.29 is 33.2 Å². The van der Waals surface area contributed by atoms with Crippen LogP contribution in [0.3, 0.4) is 0 Å². The van der Waals surface area contributed by atoms with Gasteiger partial charge in [0.1, 0.15) is 29.2 Å². The van der Waals surface area contributed by atoms with E-state index in [0.29, 0.717) is 41.7 Å². The fourth-order valence-corrected chi connectivity index (χ4v) is 3.45. The minimum Gasteiger partial charge on any atom is -0.486 e. The Labute approximate surface area is 190 Å². The number of fused-ring (bicyclic) bond motifs is 1. The largest absolute Gasteiger partial charge is 0.486 e. The number of hydrogen-bond acceptors (Lipinski definition) is 6. The van der Waals surface area contributed by atoms with Gasteiger partial charge in [-0.05, 0) is 61.1 Å². The van der Waals surface area contributed by atoms with E-state index in [-0.39, 0.29) is 25.3 Å². The summed E-state index contributed by atoms with van der Waals surface area (Å²) in [6.07, 6.45) is 0.160. The molecule has 8 heteroatoms. The molecule has 172 valence electrons. The van der Waals surface area contributed by atoms with E-state index in [2.05, 4.69) is 0 Å². The summed E-state index contributed by atoms with van der Waals surface area (Å²) >= 11 is 0. The first-order valence-corrected chi connectivity index (χ1v) is 10.5. The molecule has 0 fully saturated rings. The second-order valence-corrected chi connectivity index (χ2v) is 7.67. The van der Waals surface area contributed by atoms with Crippen molar-refractivity contribution in [1.29, 1.82) is 0 Å². The van der Waals surface area contributed by atoms with Gasteiger partial charge >= 0.3 is 5.97 Å². The fraction of sp³-hybridized carbons (Fsp3) is 0.240. The molecule has 1 unspecified atom stereocenters. The highest BCUT2D eigenvalue weighted by atomic mass is 19.1. The van der Waals surface area contributed by atoms with Gasteiger partial charge < -0.3 is 24.1 Å². The molecular weight excluding hydrogens is 429 g/mol. The summed E-state index contributed by atoms with van der Waals surface area (Å²) in [4.78, 5) is 12.6. The van der Waals surface area contributed by atoms with Crippen molar-refractivity contribution in [2.45, 2.75) is 12.5 Å². The summed E-state index contributed by atoms with van der Waals surface area (Å²) in [6.45, 7) is 0.633. The van der Waals surface area contributed by atoms with Crippen LogP contribution in [0.4, 0.5) is 4.39 Å². The van der Waals surface area contributed by atoms with Crippen molar-refractivity contribution in [2.24, 2.45) is 0 Å². The van der Waals surface area contributed by atoms with E-state index in [9.17, 15) is 9.18 Å². The van der Waals surface area contributed by atoms with Gasteiger partial charge in [0.2, 0.25) is 6.79 Å². The summed E-state index contributed by atoms with van der Waals surface area (Å²) in [5, 5.41) is 8.97. The second kappa shape index (κ2) is 10.2. The van der Waals surface area contributed by atoms with Crippen molar-refractivity contribution in [3.8, 4) is 28.7 Å². The Balaban J connectivity index is 1.42. The first-order valence-electron chi connectivity index (χ1n) is 10.5. The molecule has 0 amide bonds. The van der Waals surface area contributed by atoms with Gasteiger partial charge in [0.05, 0.1) is 6.54 Å². The number of carboxylic acids is 1. The van der Waals surface area contributed by atoms with Gasteiger partial charge in [0, 0.05) is 19.0 Å². The second-order valence-electron chi connectivity index (χ2n) is 7.67. The maximum Gasteiger partial charge on any atom is 0.317 e. The normalized spacial score (nSPS) is 13.1. The van der Waals surface area contributed by atoms with E-state index in [0.717, 1.165) is 5.56 Å². The molecule has 4 rings (SSSR count). The van der Waals surface area contributed by atoms with Crippen molar-refractivity contribution in [3.05, 3.63) is 78.1 Å². The Morgan fingerprint density at radius 2 is 1.67 bits per heavy atom. The molecule has 3 aromatic carbocycles. The number of likely N-dealkylation sites (N-methyl/N-ethyl adjacent to an activating group) is 1. The quantitative estimate of drug-likeness (QED) is 0.469. The molecule has 0 aliphatic carbocycles. The van der Waals surface area contributed by atoms with Crippen LogP contribution in [0.5, 0.6) is 28.7 Å². The third-order valence-electron chi connectivity index (χ3n) is 5.10. The van der Waals surface area contributed by atoms with Crippen LogP contribution in [-0.4, -0.2) is 42.9 Å². The lowest BCUT2D eigenvalue weighted by Crippen LogP contribution is -2.28. The highest BCUT2D eigenvalue weighted by Crippen LogP contribution is 2.37. The van der Waals surface area contributed by atoms with E-state index >= 15 is 0 Å². The number of carbonyl (C=O) groups is 1. The minimum absolute atomic E-state index is 0.0674. The van der Waals surface area contributed by atoms with Crippen LogP contribution in [0.2, 0.25) is 0 Å². The number of hydrogen-bond donors (Lipinski definition) is 1. The van der Waals surface area contributed by atoms with Gasteiger partial charge in [-0.25, -0.2) is 4.39 Å². The molecule has 1 aliphatic heterocycles. The predicted molar refractivity (Wildman–Crippen MR) is 119 cm³/mol. The fourth-order valence-electron chi connectivity index (χ4n) is 3.45. The topological polar surface area (TPSA) is 77.5 Å². The molecule has 1 N–H and O–H groups in total. The Morgan fingerprint density at radius 1 is 1.00 bits per heavy atom. The van der Waals surface area contributed by atoms with E-state index in [1.54, 1.807) is 66.5 Å². The molecule has 0 saturated heterocycles. The summed E-state index contributed by atoms with van der Waals surface area (Å²) in [5.41, 5.74) is 0.806. The molecule has 0 bridgehead atoms. The SMILES string of the molecule is CN(CCC(Oc1ccc(Oc2ccc3c(c2)OCO3)cc1)c1ccc(F)cc1)CC(=O)O. The van der Waals surface area contributed by atoms with Gasteiger partial charge in [0.25, 0.3) is 0 Å². The highest BCUT2D eigenvalue weighted by Gasteiger charge is 2.17. The number of nitrogens with zero attached hydrogens (tertiary/aromatic N) is 1. The molecule has 0 aromatic heterocycles. The maximum atomic E-state index is 13.4. The molecular formula is C25H24FNO6. The Kier molecular flexibility index (Phi) is 6.95. The zero-order chi connectivity index (χ0) is 23.2. The van der Waals surface area contributed by atoms with E-state index < -0.39 is 5.97 Å². The van der Waals surface area contributed by atoms with Crippen molar-refractivity contribution in [3.63, 3.8) is 0 Å². The van der Waals surface area contributed by atoms with Gasteiger partial charge in [-0.3, -0.25) is 9.69 Å². The van der Waals surface area contributed by atoms with E-state index in [1.807, 2.05) is 0 Å². The minimum atomic E-state index is -0.894. The first-order chi connectivity index (χ1) is 16.0. The number of aliphatic carboxylic acids is 1. The molecule has 33 heavy (non-hydrogen) atoms. The molecule has 3 aromatic rings. The lowest BCUT2D eigenvalue weighted by molar-refractivity contribution is -0.138. The standard InChI is InChI=1S/C25H24FNO6/c1-27(15-25(28)29)13-12-22(17-2-4-18(26)5-3-17)33-20-8-6-19(7-9-20)32-21-10-11-23-24(14-21)31-16-30-23/h2-11,14,22H,12-13,15-16H2,1H3,(H,28,29). The first kappa shape index (κ1) is 22.4. The molecule has 0 radical (unpaired) electrons. The van der Waals surface area contributed by atoms with Crippen molar-refractivity contribution >= 4 is 5.97 Å². The number of ether oxygens (including phenoxy) is 4. The Bertz CT molecular complexity index is 1090. The highest BCUT2D eigenvalue weighted by molar-refractivity contribution is 5.69. The average molecular weight is 453 g/mol. The molecule has 0 spiro atoms. The summed E-state index contributed by atoms with van der Waals surface area (Å²) in [7, 11) is 1.73. The average Bonchev–Trinajstić information content (AvgIpc) is 3.26. The third-order valence-corrected chi connectivity index (χ3v) is 5.10. The third kappa shape index (κ3) is 6.14. The molecule has 1 heterocycles. The molecule has 7 nitrogen and oxygen atoms in total. The van der Waals surface area contributed by atoms with Gasteiger partial charge in [-0.1, -0.05) is 12.1 Å². The number of benzene rings is 3. The Morgan fingerprint density at radius 3 is 2.39 bits per heavy atom. The van der Waals surface area contributed by atoms with E-state index in [4.69, 9.17) is 24.1 Å². The zero-order valence-corrected chi connectivity index (χ0v) is 18.1. The molecule has 0 saturated carbocycles. The van der Waals surface area contributed by atoms with Gasteiger partial charge in [0.15, 0.2) is 11.5 Å². The number of rotatable bonds is 10. The Hall–Kier alpha value is -3.78. The lowest BCUT2D eigenvalue weighted by atomic mass is 10.1. The molecule has 1 aliphatic rings. The number of carboxylic acid groups (broad SMARTS) is 1. The van der Waals surface area contributed by atoms with Crippen molar-refractivity contribution in [1.82, 2.24) is 4.90 Å². The van der Waals surface area contributed by atoms with Gasteiger partial charge in [-0.15, -0.1) is 0 Å². The molecule has 1 atom stereocenters. The summed E-state index contributed by atoms with van der Waals surface area (Å²) < 4.78 is 36.1. The maximum absolute atomic E-state index is 13.4. The van der Waals surface area contributed by atoms with Crippen LogP contribution in [0.1, 0.15) is 18.1 Å². The summed E-state index contributed by atoms with van der Waals surface area (Å²) in [6, 6.07) is 18.6. The van der Waals surface area contributed by atoms with Crippen LogP contribution in [0, 0.1) is 5.82 Å². The zero-order valence-electron chi connectivity index (χ0n) is 18.1. The monoisotopic (exact) mass is 453 g/mol. The van der Waals surface area contributed by atoms with Crippen LogP contribution in [0.25, 0.3) is 0 Å². The lowest BCUT2D eigenvalue weighted by Gasteiger charge is -2.22. The van der Waals surface area contributed by atoms with Crippen LogP contribution >= 0.6 is 0 Å². The number of halogens is 1. The van der Waals surface area contributed by atoms with Crippen LogP contribution in [-0.2, 0) is 4.79 Å². The van der Waals surface area contributed by atoms with Crippen LogP contribution < -0.4 is 18.9 Å².